The molecule has 0 radical (unpaired) electrons. The number of hydrogen-bond donors (Lipinski definition) is 1. The van der Waals surface area contributed by atoms with Gasteiger partial charge in [0.1, 0.15) is 0 Å². The predicted molar refractivity (Wildman–Crippen MR) is 58.1 cm³/mol. The van der Waals surface area contributed by atoms with Crippen LogP contribution in [0.15, 0.2) is 4.52 Å². The molecule has 1 aromatic heterocycles. The van der Waals surface area contributed by atoms with Gasteiger partial charge in [-0.05, 0) is 25.2 Å². The largest absolute Gasteiger partial charge is 0.367 e. The lowest BCUT2D eigenvalue weighted by molar-refractivity contribution is 0.426. The van der Waals surface area contributed by atoms with Crippen molar-refractivity contribution in [3.8, 4) is 0 Å². The van der Waals surface area contributed by atoms with E-state index < -0.39 is 0 Å². The molecule has 0 aromatic carbocycles. The molecule has 3 heteroatoms. The molecule has 1 rings (SSSR count). The fraction of sp³-hybridized carbons (Fsp3) is 0.727. The number of nitrogens with zero attached hydrogens (tertiary/aromatic N) is 1. The molecular weight excluding hydrogens is 176 g/mol. The first-order chi connectivity index (χ1) is 6.65. The van der Waals surface area contributed by atoms with E-state index in [4.69, 9.17) is 10.3 Å². The van der Waals surface area contributed by atoms with Crippen LogP contribution in [-0.2, 0) is 12.8 Å². The van der Waals surface area contributed by atoms with E-state index in [1.165, 1.54) is 6.42 Å². The van der Waals surface area contributed by atoms with Crippen LogP contribution in [0.2, 0.25) is 0 Å². The predicted octanol–water partition coefficient (Wildman–Crippen LogP) is 2.80. The molecule has 1 heterocycles. The first-order valence-electron chi connectivity index (χ1n) is 5.38. The summed E-state index contributed by atoms with van der Waals surface area (Å²) in [6, 6.07) is 0. The molecule has 0 saturated heterocycles. The van der Waals surface area contributed by atoms with Gasteiger partial charge in [-0.25, -0.2) is 0 Å². The number of aryl methyl sites for hydroxylation is 1. The van der Waals surface area contributed by atoms with Crippen molar-refractivity contribution in [2.75, 3.05) is 5.73 Å². The second-order valence-electron chi connectivity index (χ2n) is 4.17. The van der Waals surface area contributed by atoms with Gasteiger partial charge in [-0.15, -0.1) is 0 Å². The van der Waals surface area contributed by atoms with Gasteiger partial charge in [0.15, 0.2) is 0 Å². The van der Waals surface area contributed by atoms with Gasteiger partial charge in [0, 0.05) is 5.56 Å². The van der Waals surface area contributed by atoms with Crippen LogP contribution in [0.4, 0.5) is 5.88 Å². The average Bonchev–Trinajstić information content (AvgIpc) is 2.45. The molecule has 0 aliphatic carbocycles. The SMILES string of the molecule is CCCCc1noc(N)c1CC(C)C. The zero-order valence-corrected chi connectivity index (χ0v) is 9.34. The lowest BCUT2D eigenvalue weighted by Crippen LogP contribution is -2.00. The first kappa shape index (κ1) is 11.1. The van der Waals surface area contributed by atoms with Crippen molar-refractivity contribution in [1.82, 2.24) is 5.16 Å². The Bertz CT molecular complexity index is 279. The molecule has 0 unspecified atom stereocenters. The third kappa shape index (κ3) is 2.76. The molecule has 0 spiro atoms. The third-order valence-corrected chi connectivity index (χ3v) is 2.28. The van der Waals surface area contributed by atoms with Crippen molar-refractivity contribution in [1.29, 1.82) is 0 Å². The van der Waals surface area contributed by atoms with E-state index in [1.54, 1.807) is 0 Å². The van der Waals surface area contributed by atoms with Gasteiger partial charge in [0.25, 0.3) is 0 Å². The Morgan fingerprint density at radius 3 is 2.71 bits per heavy atom. The summed E-state index contributed by atoms with van der Waals surface area (Å²) in [6.45, 7) is 6.53. The Kier molecular flexibility index (Phi) is 3.98. The summed E-state index contributed by atoms with van der Waals surface area (Å²) in [6.07, 6.45) is 4.28. The molecule has 0 atom stereocenters. The van der Waals surface area contributed by atoms with E-state index in [0.717, 1.165) is 30.5 Å². The number of aromatic nitrogens is 1. The maximum absolute atomic E-state index is 5.73. The Morgan fingerprint density at radius 2 is 2.14 bits per heavy atom. The van der Waals surface area contributed by atoms with Crippen LogP contribution >= 0.6 is 0 Å². The van der Waals surface area contributed by atoms with Crippen LogP contribution in [0.3, 0.4) is 0 Å². The van der Waals surface area contributed by atoms with Crippen LogP contribution < -0.4 is 5.73 Å². The van der Waals surface area contributed by atoms with E-state index in [2.05, 4.69) is 25.9 Å². The summed E-state index contributed by atoms with van der Waals surface area (Å²) in [5.41, 5.74) is 7.90. The van der Waals surface area contributed by atoms with Gasteiger partial charge >= 0.3 is 0 Å². The minimum Gasteiger partial charge on any atom is -0.367 e. The Morgan fingerprint density at radius 1 is 1.43 bits per heavy atom. The fourth-order valence-corrected chi connectivity index (χ4v) is 1.52. The first-order valence-corrected chi connectivity index (χ1v) is 5.38. The monoisotopic (exact) mass is 196 g/mol. The molecule has 0 bridgehead atoms. The van der Waals surface area contributed by atoms with Crippen LogP contribution in [0, 0.1) is 5.92 Å². The van der Waals surface area contributed by atoms with E-state index in [9.17, 15) is 0 Å². The van der Waals surface area contributed by atoms with E-state index in [-0.39, 0.29) is 0 Å². The van der Waals surface area contributed by atoms with Gasteiger partial charge in [-0.1, -0.05) is 32.3 Å². The van der Waals surface area contributed by atoms with Gasteiger partial charge < -0.3 is 10.3 Å². The zero-order valence-electron chi connectivity index (χ0n) is 9.34. The number of rotatable bonds is 5. The minimum absolute atomic E-state index is 0.504. The molecule has 0 fully saturated rings. The minimum atomic E-state index is 0.504. The molecule has 3 nitrogen and oxygen atoms in total. The van der Waals surface area contributed by atoms with Crippen molar-refractivity contribution in [3.05, 3.63) is 11.3 Å². The maximum atomic E-state index is 5.73. The molecule has 0 saturated carbocycles. The molecule has 0 aliphatic rings. The standard InChI is InChI=1S/C11H20N2O/c1-4-5-6-10-9(7-8(2)3)11(12)14-13-10/h8H,4-7,12H2,1-3H3. The van der Waals surface area contributed by atoms with Crippen molar-refractivity contribution >= 4 is 5.88 Å². The lowest BCUT2D eigenvalue weighted by atomic mass is 10.0. The van der Waals surface area contributed by atoms with Crippen molar-refractivity contribution < 1.29 is 4.52 Å². The van der Waals surface area contributed by atoms with Gasteiger partial charge in [-0.3, -0.25) is 0 Å². The number of nitrogen functional groups attached to an aromatic ring is 1. The number of nitrogens with two attached hydrogens (primary N) is 1. The molecule has 0 aliphatic heterocycles. The molecule has 80 valence electrons. The summed E-state index contributed by atoms with van der Waals surface area (Å²) >= 11 is 0. The van der Waals surface area contributed by atoms with E-state index in [1.807, 2.05) is 0 Å². The highest BCUT2D eigenvalue weighted by molar-refractivity contribution is 5.39. The zero-order chi connectivity index (χ0) is 10.6. The molecular formula is C11H20N2O. The highest BCUT2D eigenvalue weighted by Crippen LogP contribution is 2.21. The highest BCUT2D eigenvalue weighted by atomic mass is 16.5. The number of anilines is 1. The van der Waals surface area contributed by atoms with Crippen LogP contribution in [0.25, 0.3) is 0 Å². The second-order valence-corrected chi connectivity index (χ2v) is 4.17. The van der Waals surface area contributed by atoms with Gasteiger partial charge in [-0.2, -0.15) is 0 Å². The lowest BCUT2D eigenvalue weighted by Gasteiger charge is -2.04. The van der Waals surface area contributed by atoms with Crippen molar-refractivity contribution in [2.45, 2.75) is 46.5 Å². The Balaban J connectivity index is 2.72. The molecule has 1 aromatic rings. The topological polar surface area (TPSA) is 52.0 Å². The Labute approximate surface area is 85.7 Å². The smallest absolute Gasteiger partial charge is 0.225 e. The maximum Gasteiger partial charge on any atom is 0.225 e. The van der Waals surface area contributed by atoms with Crippen molar-refractivity contribution in [2.24, 2.45) is 5.92 Å². The summed E-state index contributed by atoms with van der Waals surface area (Å²) in [4.78, 5) is 0. The number of hydrogen-bond acceptors (Lipinski definition) is 3. The van der Waals surface area contributed by atoms with Crippen molar-refractivity contribution in [3.63, 3.8) is 0 Å². The van der Waals surface area contributed by atoms with Crippen LogP contribution in [-0.4, -0.2) is 5.16 Å². The second kappa shape index (κ2) is 5.03. The van der Waals surface area contributed by atoms with Crippen LogP contribution in [0.1, 0.15) is 44.9 Å². The number of unbranched alkanes of at least 4 members (excludes halogenated alkanes) is 1. The average molecular weight is 196 g/mol. The van der Waals surface area contributed by atoms with Crippen LogP contribution in [0.5, 0.6) is 0 Å². The van der Waals surface area contributed by atoms with Gasteiger partial charge in [0.2, 0.25) is 5.88 Å². The summed E-state index contributed by atoms with van der Waals surface area (Å²) in [7, 11) is 0. The molecule has 14 heavy (non-hydrogen) atoms. The third-order valence-electron chi connectivity index (χ3n) is 2.28. The molecule has 0 amide bonds. The highest BCUT2D eigenvalue weighted by Gasteiger charge is 2.13. The summed E-state index contributed by atoms with van der Waals surface area (Å²) in [5, 5.41) is 4.01. The van der Waals surface area contributed by atoms with E-state index >= 15 is 0 Å². The summed E-state index contributed by atoms with van der Waals surface area (Å²) in [5.74, 6) is 1.10. The fourth-order valence-electron chi connectivity index (χ4n) is 1.52. The Hall–Kier alpha value is -0.990. The summed E-state index contributed by atoms with van der Waals surface area (Å²) < 4.78 is 5.02. The van der Waals surface area contributed by atoms with E-state index in [0.29, 0.717) is 11.8 Å². The normalized spacial score (nSPS) is 11.1. The quantitative estimate of drug-likeness (QED) is 0.787. The van der Waals surface area contributed by atoms with Gasteiger partial charge in [0.05, 0.1) is 5.69 Å². The molecule has 2 N–H and O–H groups in total.